The number of nitrogens with zero attached hydrogens (tertiary/aromatic N) is 3. The van der Waals surface area contributed by atoms with E-state index in [1.54, 1.807) is 0 Å². The Kier molecular flexibility index (Phi) is 5.56. The maximum atomic E-state index is 5.80. The molecule has 0 radical (unpaired) electrons. The summed E-state index contributed by atoms with van der Waals surface area (Å²) in [6, 6.07) is 0.119. The summed E-state index contributed by atoms with van der Waals surface area (Å²) < 4.78 is 1.97. The standard InChI is InChI=1S/C12H23N5S2/c1-4-5-17-10(6-14-16-17)12(15-13)11-7-18-8(2)9(3)19-11/h6,8-9,11-12,15H,4-5,7,13H2,1-3H3. The number of rotatable bonds is 5. The van der Waals surface area contributed by atoms with E-state index in [0.717, 1.165) is 24.4 Å². The number of hydrogen-bond donors (Lipinski definition) is 2. The Morgan fingerprint density at radius 3 is 2.95 bits per heavy atom. The van der Waals surface area contributed by atoms with Gasteiger partial charge in [-0.2, -0.15) is 23.5 Å². The molecule has 4 atom stereocenters. The van der Waals surface area contributed by atoms with Gasteiger partial charge in [0.15, 0.2) is 0 Å². The van der Waals surface area contributed by atoms with Crippen LogP contribution in [0.2, 0.25) is 0 Å². The van der Waals surface area contributed by atoms with Crippen LogP contribution in [-0.4, -0.2) is 36.5 Å². The Hall–Kier alpha value is -0.240. The van der Waals surface area contributed by atoms with Crippen LogP contribution in [0.1, 0.15) is 38.9 Å². The van der Waals surface area contributed by atoms with Gasteiger partial charge in [0, 0.05) is 28.0 Å². The minimum Gasteiger partial charge on any atom is -0.271 e. The predicted octanol–water partition coefficient (Wildman–Crippen LogP) is 1.82. The quantitative estimate of drug-likeness (QED) is 0.639. The fourth-order valence-corrected chi connectivity index (χ4v) is 5.34. The molecule has 0 bridgehead atoms. The summed E-state index contributed by atoms with van der Waals surface area (Å²) in [5, 5.41) is 10.0. The Labute approximate surface area is 123 Å². The second-order valence-corrected chi connectivity index (χ2v) is 7.98. The summed E-state index contributed by atoms with van der Waals surface area (Å²) in [4.78, 5) is 0. The van der Waals surface area contributed by atoms with Crippen molar-refractivity contribution < 1.29 is 0 Å². The zero-order valence-corrected chi connectivity index (χ0v) is 13.4. The average Bonchev–Trinajstić information content (AvgIpc) is 2.83. The van der Waals surface area contributed by atoms with Crippen LogP contribution < -0.4 is 11.3 Å². The van der Waals surface area contributed by atoms with E-state index in [1.807, 2.05) is 34.4 Å². The Balaban J connectivity index is 2.13. The van der Waals surface area contributed by atoms with Crippen LogP contribution in [-0.2, 0) is 6.54 Å². The van der Waals surface area contributed by atoms with Gasteiger partial charge in [-0.05, 0) is 6.42 Å². The van der Waals surface area contributed by atoms with Gasteiger partial charge in [-0.3, -0.25) is 11.3 Å². The van der Waals surface area contributed by atoms with Gasteiger partial charge in [0.25, 0.3) is 0 Å². The van der Waals surface area contributed by atoms with Crippen molar-refractivity contribution in [3.05, 3.63) is 11.9 Å². The van der Waals surface area contributed by atoms with Gasteiger partial charge < -0.3 is 0 Å². The van der Waals surface area contributed by atoms with Crippen molar-refractivity contribution in [2.75, 3.05) is 5.75 Å². The van der Waals surface area contributed by atoms with Crippen molar-refractivity contribution in [1.82, 2.24) is 20.4 Å². The lowest BCUT2D eigenvalue weighted by molar-refractivity contribution is 0.473. The first-order valence-electron chi connectivity index (χ1n) is 6.79. The molecule has 1 fully saturated rings. The molecule has 7 heteroatoms. The van der Waals surface area contributed by atoms with Crippen molar-refractivity contribution in [3.63, 3.8) is 0 Å². The topological polar surface area (TPSA) is 68.8 Å². The van der Waals surface area contributed by atoms with Crippen molar-refractivity contribution >= 4 is 23.5 Å². The SMILES string of the molecule is CCCn1nncc1C(NN)C1CSC(C)C(C)S1. The molecule has 108 valence electrons. The third kappa shape index (κ3) is 3.45. The highest BCUT2D eigenvalue weighted by Gasteiger charge is 2.33. The molecule has 1 aromatic rings. The molecule has 2 heterocycles. The zero-order valence-electron chi connectivity index (χ0n) is 11.7. The second-order valence-electron chi connectivity index (χ2n) is 4.94. The van der Waals surface area contributed by atoms with Gasteiger partial charge in [0.1, 0.15) is 0 Å². The monoisotopic (exact) mass is 301 g/mol. The first-order chi connectivity index (χ1) is 9.17. The highest BCUT2D eigenvalue weighted by molar-refractivity contribution is 8.07. The fourth-order valence-electron chi connectivity index (χ4n) is 2.26. The molecule has 2 rings (SSSR count). The first kappa shape index (κ1) is 15.2. The Bertz CT molecular complexity index is 397. The van der Waals surface area contributed by atoms with Crippen LogP contribution in [0.5, 0.6) is 0 Å². The summed E-state index contributed by atoms with van der Waals surface area (Å²) in [7, 11) is 0. The fraction of sp³-hybridized carbons (Fsp3) is 0.833. The minimum atomic E-state index is 0.119. The molecule has 0 aliphatic carbocycles. The summed E-state index contributed by atoms with van der Waals surface area (Å²) in [5.41, 5.74) is 4.07. The predicted molar refractivity (Wildman–Crippen MR) is 83.1 cm³/mol. The van der Waals surface area contributed by atoms with Crippen LogP contribution >= 0.6 is 23.5 Å². The molecule has 19 heavy (non-hydrogen) atoms. The van der Waals surface area contributed by atoms with E-state index in [9.17, 15) is 0 Å². The number of thioether (sulfide) groups is 2. The lowest BCUT2D eigenvalue weighted by Gasteiger charge is -2.35. The van der Waals surface area contributed by atoms with Gasteiger partial charge in [-0.15, -0.1) is 5.10 Å². The van der Waals surface area contributed by atoms with E-state index in [2.05, 4.69) is 36.5 Å². The maximum Gasteiger partial charge on any atom is 0.0781 e. The molecule has 4 unspecified atom stereocenters. The lowest BCUT2D eigenvalue weighted by atomic mass is 10.1. The van der Waals surface area contributed by atoms with Crippen molar-refractivity contribution in [2.45, 2.75) is 55.5 Å². The third-order valence-electron chi connectivity index (χ3n) is 3.53. The molecule has 1 saturated heterocycles. The van der Waals surface area contributed by atoms with Gasteiger partial charge in [0.05, 0.1) is 17.9 Å². The molecule has 0 saturated carbocycles. The number of nitrogens with one attached hydrogen (secondary N) is 1. The molecular formula is C12H23N5S2. The minimum absolute atomic E-state index is 0.119. The van der Waals surface area contributed by atoms with Gasteiger partial charge >= 0.3 is 0 Å². The average molecular weight is 301 g/mol. The summed E-state index contributed by atoms with van der Waals surface area (Å²) in [5.74, 6) is 6.91. The van der Waals surface area contributed by atoms with Crippen LogP contribution in [0.25, 0.3) is 0 Å². The largest absolute Gasteiger partial charge is 0.271 e. The number of aryl methyl sites for hydroxylation is 1. The van der Waals surface area contributed by atoms with Crippen LogP contribution in [0.3, 0.4) is 0 Å². The number of hydrazine groups is 1. The van der Waals surface area contributed by atoms with E-state index < -0.39 is 0 Å². The molecule has 0 amide bonds. The van der Waals surface area contributed by atoms with Crippen molar-refractivity contribution in [3.8, 4) is 0 Å². The Morgan fingerprint density at radius 2 is 2.32 bits per heavy atom. The van der Waals surface area contributed by atoms with Gasteiger partial charge in [0.2, 0.25) is 0 Å². The van der Waals surface area contributed by atoms with Crippen LogP contribution in [0.4, 0.5) is 0 Å². The molecule has 1 aliphatic rings. The van der Waals surface area contributed by atoms with Gasteiger partial charge in [-0.1, -0.05) is 26.0 Å². The third-order valence-corrected chi connectivity index (χ3v) is 7.02. The van der Waals surface area contributed by atoms with Crippen LogP contribution in [0, 0.1) is 0 Å². The molecule has 3 N–H and O–H groups in total. The van der Waals surface area contributed by atoms with E-state index >= 15 is 0 Å². The van der Waals surface area contributed by atoms with E-state index in [-0.39, 0.29) is 6.04 Å². The zero-order chi connectivity index (χ0) is 13.8. The smallest absolute Gasteiger partial charge is 0.0781 e. The lowest BCUT2D eigenvalue weighted by Crippen LogP contribution is -2.41. The summed E-state index contributed by atoms with van der Waals surface area (Å²) in [6.07, 6.45) is 2.89. The molecule has 0 spiro atoms. The highest BCUT2D eigenvalue weighted by Crippen LogP contribution is 2.40. The Morgan fingerprint density at radius 1 is 1.53 bits per heavy atom. The van der Waals surface area contributed by atoms with E-state index in [0.29, 0.717) is 15.7 Å². The van der Waals surface area contributed by atoms with E-state index in [4.69, 9.17) is 5.84 Å². The molecule has 1 aliphatic heterocycles. The molecule has 0 aromatic carbocycles. The van der Waals surface area contributed by atoms with E-state index in [1.165, 1.54) is 0 Å². The normalized spacial score (nSPS) is 29.4. The number of hydrogen-bond acceptors (Lipinski definition) is 6. The maximum absolute atomic E-state index is 5.80. The first-order valence-corrected chi connectivity index (χ1v) is 8.78. The van der Waals surface area contributed by atoms with Crippen LogP contribution in [0.15, 0.2) is 6.20 Å². The highest BCUT2D eigenvalue weighted by atomic mass is 32.2. The summed E-state index contributed by atoms with van der Waals surface area (Å²) >= 11 is 4.05. The molecule has 5 nitrogen and oxygen atoms in total. The molecule has 1 aromatic heterocycles. The van der Waals surface area contributed by atoms with Crippen molar-refractivity contribution in [1.29, 1.82) is 0 Å². The number of nitrogens with two attached hydrogens (primary N) is 1. The second kappa shape index (κ2) is 6.97. The summed E-state index contributed by atoms with van der Waals surface area (Å²) in [6.45, 7) is 7.63. The van der Waals surface area contributed by atoms with Gasteiger partial charge in [-0.25, -0.2) is 4.68 Å². The number of aromatic nitrogens is 3. The molecular weight excluding hydrogens is 278 g/mol. The van der Waals surface area contributed by atoms with Crippen molar-refractivity contribution in [2.24, 2.45) is 5.84 Å².